The monoisotopic (exact) mass is 994 g/mol. The van der Waals surface area contributed by atoms with Crippen LogP contribution < -0.4 is 9.80 Å². The summed E-state index contributed by atoms with van der Waals surface area (Å²) in [6, 6.07) is 109. The molecule has 0 saturated carbocycles. The molecule has 2 nitrogen and oxygen atoms in total. The first-order chi connectivity index (χ1) is 38.5. The summed E-state index contributed by atoms with van der Waals surface area (Å²) in [5, 5.41) is 0. The molecule has 1 atom stereocenters. The molecule has 1 spiro atoms. The van der Waals surface area contributed by atoms with Crippen LogP contribution in [0.3, 0.4) is 0 Å². The molecule has 0 fully saturated rings. The van der Waals surface area contributed by atoms with E-state index in [-0.39, 0.29) is 5.41 Å². The molecule has 0 aliphatic heterocycles. The second-order valence-corrected chi connectivity index (χ2v) is 21.6. The first-order valence-corrected chi connectivity index (χ1v) is 27.2. The summed E-state index contributed by atoms with van der Waals surface area (Å²) >= 11 is 0. The van der Waals surface area contributed by atoms with E-state index in [0.29, 0.717) is 0 Å². The van der Waals surface area contributed by atoms with E-state index in [1.807, 2.05) is 0 Å². The quantitative estimate of drug-likeness (QED) is 0.142. The van der Waals surface area contributed by atoms with Crippen molar-refractivity contribution in [2.75, 3.05) is 9.80 Å². The number of para-hydroxylation sites is 3. The summed E-state index contributed by atoms with van der Waals surface area (Å²) in [5.74, 6) is 0. The van der Waals surface area contributed by atoms with E-state index in [1.54, 1.807) is 0 Å². The highest BCUT2D eigenvalue weighted by Crippen LogP contribution is 2.66. The molecule has 0 heterocycles. The van der Waals surface area contributed by atoms with E-state index >= 15 is 0 Å². The number of benzene rings is 12. The molecule has 78 heavy (non-hydrogen) atoms. The minimum absolute atomic E-state index is 0.185. The second-order valence-electron chi connectivity index (χ2n) is 21.6. The lowest BCUT2D eigenvalue weighted by Crippen LogP contribution is -2.27. The molecule has 0 aromatic heterocycles. The maximum atomic E-state index is 2.58. The standard InChI is InChI=1S/C76H54N2/c1-75(2)67-39-23-21-37-59(67)61-43-42-58(46-70(61)75)78(57-35-19-8-20-36-57)74-49-71-65(47-62(74)52-27-11-4-12-28-52)60-38-22-24-40-68(60)76(71)69-44-41-54(51-25-9-3-10-26-51)45-64(69)66-48-63(53-29-13-5-14-30-53)73(50-72(66)76)77(55-31-15-6-16-32-55)56-33-17-7-18-34-56/h3-50H,1-2H3. The van der Waals surface area contributed by atoms with Gasteiger partial charge in [-0.1, -0.05) is 226 Å². The third-order valence-corrected chi connectivity index (χ3v) is 17.0. The van der Waals surface area contributed by atoms with Gasteiger partial charge in [0.15, 0.2) is 0 Å². The normalized spacial score (nSPS) is 14.7. The van der Waals surface area contributed by atoms with Crippen LogP contribution in [0, 0.1) is 0 Å². The van der Waals surface area contributed by atoms with Gasteiger partial charge in [0, 0.05) is 39.3 Å². The highest BCUT2D eigenvalue weighted by molar-refractivity contribution is 6.03. The highest BCUT2D eigenvalue weighted by atomic mass is 15.2. The van der Waals surface area contributed by atoms with Gasteiger partial charge < -0.3 is 9.80 Å². The van der Waals surface area contributed by atoms with E-state index in [2.05, 4.69) is 315 Å². The van der Waals surface area contributed by atoms with Crippen molar-refractivity contribution in [2.45, 2.75) is 24.7 Å². The van der Waals surface area contributed by atoms with Crippen LogP contribution in [-0.2, 0) is 10.8 Å². The Morgan fingerprint density at radius 1 is 0.218 bits per heavy atom. The van der Waals surface area contributed by atoms with Gasteiger partial charge in [0.1, 0.15) is 0 Å². The van der Waals surface area contributed by atoms with Crippen LogP contribution in [0.4, 0.5) is 34.1 Å². The topological polar surface area (TPSA) is 6.48 Å². The summed E-state index contributed by atoms with van der Waals surface area (Å²) in [4.78, 5) is 5.00. The van der Waals surface area contributed by atoms with Crippen LogP contribution in [0.15, 0.2) is 291 Å². The third kappa shape index (κ3) is 6.89. The average molecular weight is 995 g/mol. The van der Waals surface area contributed by atoms with Gasteiger partial charge in [-0.05, 0) is 168 Å². The van der Waals surface area contributed by atoms with E-state index in [9.17, 15) is 0 Å². The van der Waals surface area contributed by atoms with Crippen LogP contribution in [0.1, 0.15) is 47.2 Å². The van der Waals surface area contributed by atoms with Crippen molar-refractivity contribution in [1.82, 2.24) is 0 Å². The molecule has 12 aromatic rings. The van der Waals surface area contributed by atoms with E-state index in [1.165, 1.54) is 94.6 Å². The van der Waals surface area contributed by atoms with Gasteiger partial charge in [-0.3, -0.25) is 0 Å². The Kier molecular flexibility index (Phi) is 10.5. The molecular weight excluding hydrogens is 941 g/mol. The predicted molar refractivity (Wildman–Crippen MR) is 326 cm³/mol. The van der Waals surface area contributed by atoms with Gasteiger partial charge in [-0.2, -0.15) is 0 Å². The van der Waals surface area contributed by atoms with Crippen LogP contribution in [0.2, 0.25) is 0 Å². The number of hydrogen-bond acceptors (Lipinski definition) is 2. The molecule has 3 aliphatic rings. The van der Waals surface area contributed by atoms with E-state index in [4.69, 9.17) is 0 Å². The molecule has 3 aliphatic carbocycles. The minimum atomic E-state index is -0.720. The fraction of sp³-hybridized carbons (Fsp3) is 0.0526. The smallest absolute Gasteiger partial charge is 0.0727 e. The number of anilines is 6. The van der Waals surface area contributed by atoms with Crippen LogP contribution in [-0.4, -0.2) is 0 Å². The Morgan fingerprint density at radius 2 is 0.603 bits per heavy atom. The lowest BCUT2D eigenvalue weighted by molar-refractivity contribution is 0.660. The minimum Gasteiger partial charge on any atom is -0.310 e. The van der Waals surface area contributed by atoms with Gasteiger partial charge in [0.25, 0.3) is 0 Å². The molecule has 15 rings (SSSR count). The average Bonchev–Trinajstić information content (AvgIpc) is 3.88. The Morgan fingerprint density at radius 3 is 1.13 bits per heavy atom. The molecule has 2 heteroatoms. The van der Waals surface area contributed by atoms with Gasteiger partial charge >= 0.3 is 0 Å². The predicted octanol–water partition coefficient (Wildman–Crippen LogP) is 20.3. The van der Waals surface area contributed by atoms with E-state index in [0.717, 1.165) is 39.7 Å². The third-order valence-electron chi connectivity index (χ3n) is 17.0. The van der Waals surface area contributed by atoms with Crippen molar-refractivity contribution < 1.29 is 0 Å². The SMILES string of the molecule is CC1(C)c2ccccc2-c2ccc(N(c3ccccc3)c3cc4c(cc3-c3ccccc3)-c3ccccc3C43c4ccc(-c5ccccc5)cc4-c4cc(-c5ccccc5)c(N(c5ccccc5)c5ccccc5)cc43)cc21. The van der Waals surface area contributed by atoms with Gasteiger partial charge in [0.2, 0.25) is 0 Å². The first-order valence-electron chi connectivity index (χ1n) is 27.2. The number of fused-ring (bicyclic) bond motifs is 13. The van der Waals surface area contributed by atoms with Gasteiger partial charge in [0.05, 0.1) is 16.8 Å². The summed E-state index contributed by atoms with van der Waals surface area (Å²) in [7, 11) is 0. The van der Waals surface area contributed by atoms with Crippen molar-refractivity contribution >= 4 is 34.1 Å². The zero-order valence-electron chi connectivity index (χ0n) is 43.6. The molecule has 12 aromatic carbocycles. The molecule has 1 unspecified atom stereocenters. The molecule has 368 valence electrons. The van der Waals surface area contributed by atoms with E-state index < -0.39 is 5.41 Å². The number of nitrogens with zero attached hydrogens (tertiary/aromatic N) is 2. The Hall–Kier alpha value is -9.76. The molecule has 0 radical (unpaired) electrons. The molecular formula is C76H54N2. The molecule has 0 N–H and O–H groups in total. The zero-order valence-corrected chi connectivity index (χ0v) is 43.6. The fourth-order valence-electron chi connectivity index (χ4n) is 13.5. The van der Waals surface area contributed by atoms with Crippen molar-refractivity contribution in [3.05, 3.63) is 325 Å². The van der Waals surface area contributed by atoms with Gasteiger partial charge in [-0.25, -0.2) is 0 Å². The van der Waals surface area contributed by atoms with Crippen molar-refractivity contribution in [3.8, 4) is 66.8 Å². The molecule has 0 saturated heterocycles. The Bertz CT molecular complexity index is 4220. The maximum Gasteiger partial charge on any atom is 0.0727 e. The molecule has 0 amide bonds. The summed E-state index contributed by atoms with van der Waals surface area (Å²) < 4.78 is 0. The lowest BCUT2D eigenvalue weighted by Gasteiger charge is -2.35. The Labute approximate surface area is 457 Å². The summed E-state index contributed by atoms with van der Waals surface area (Å²) in [5.41, 5.74) is 28.2. The second kappa shape index (κ2) is 17.9. The fourth-order valence-corrected chi connectivity index (χ4v) is 13.5. The first kappa shape index (κ1) is 45.6. The number of hydrogen-bond donors (Lipinski definition) is 0. The van der Waals surface area contributed by atoms with Crippen molar-refractivity contribution in [1.29, 1.82) is 0 Å². The zero-order chi connectivity index (χ0) is 52.0. The van der Waals surface area contributed by atoms with Crippen molar-refractivity contribution in [3.63, 3.8) is 0 Å². The van der Waals surface area contributed by atoms with Gasteiger partial charge in [-0.15, -0.1) is 0 Å². The van der Waals surface area contributed by atoms with Crippen LogP contribution in [0.5, 0.6) is 0 Å². The number of rotatable bonds is 9. The Balaban J connectivity index is 1.07. The highest BCUT2D eigenvalue weighted by Gasteiger charge is 2.53. The van der Waals surface area contributed by atoms with Crippen LogP contribution in [0.25, 0.3) is 66.8 Å². The van der Waals surface area contributed by atoms with Crippen molar-refractivity contribution in [2.24, 2.45) is 0 Å². The largest absolute Gasteiger partial charge is 0.310 e. The summed E-state index contributed by atoms with van der Waals surface area (Å²) in [6.07, 6.45) is 0. The maximum absolute atomic E-state index is 2.58. The lowest BCUT2D eigenvalue weighted by atomic mass is 9.70. The summed E-state index contributed by atoms with van der Waals surface area (Å²) in [6.45, 7) is 4.76. The van der Waals surface area contributed by atoms with Crippen LogP contribution >= 0.6 is 0 Å². The molecule has 0 bridgehead atoms.